The first-order chi connectivity index (χ1) is 6.16. The molecule has 1 aliphatic rings. The van der Waals surface area contributed by atoms with Gasteiger partial charge in [-0.1, -0.05) is 26.2 Å². The fourth-order valence-electron chi connectivity index (χ4n) is 1.64. The summed E-state index contributed by atoms with van der Waals surface area (Å²) in [5.74, 6) is -0.148. The van der Waals surface area contributed by atoms with Crippen LogP contribution in [0.5, 0.6) is 0 Å². The van der Waals surface area contributed by atoms with Crippen molar-refractivity contribution >= 4 is 17.6 Å². The molecule has 0 aromatic heterocycles. The maximum Gasteiger partial charge on any atom is 0.305 e. The van der Waals surface area contributed by atoms with Gasteiger partial charge < -0.3 is 4.74 Å². The standard InChI is InChI=1S/C10H17ClO2/c1-2-9(12)13-8-10(11)6-4-3-5-7-10/h2-8H2,1H3. The Morgan fingerprint density at radius 1 is 1.38 bits per heavy atom. The van der Waals surface area contributed by atoms with Gasteiger partial charge in [0.1, 0.15) is 6.61 Å². The molecule has 1 aliphatic carbocycles. The van der Waals surface area contributed by atoms with Crippen molar-refractivity contribution in [1.29, 1.82) is 0 Å². The number of carbonyl (C=O) groups excluding carboxylic acids is 1. The Morgan fingerprint density at radius 3 is 2.54 bits per heavy atom. The lowest BCUT2D eigenvalue weighted by Crippen LogP contribution is -2.31. The van der Waals surface area contributed by atoms with Gasteiger partial charge in [0.15, 0.2) is 0 Å². The van der Waals surface area contributed by atoms with E-state index in [0.29, 0.717) is 13.0 Å². The maximum atomic E-state index is 10.9. The molecule has 0 atom stereocenters. The van der Waals surface area contributed by atoms with Crippen LogP contribution < -0.4 is 0 Å². The van der Waals surface area contributed by atoms with Crippen molar-refractivity contribution in [3.63, 3.8) is 0 Å². The summed E-state index contributed by atoms with van der Waals surface area (Å²) in [6.45, 7) is 2.19. The summed E-state index contributed by atoms with van der Waals surface area (Å²) in [4.78, 5) is 10.7. The molecule has 0 amide bonds. The molecule has 0 unspecified atom stereocenters. The van der Waals surface area contributed by atoms with Crippen LogP contribution in [0.1, 0.15) is 45.4 Å². The molecule has 0 saturated heterocycles. The summed E-state index contributed by atoms with van der Waals surface area (Å²) in [6.07, 6.45) is 5.97. The van der Waals surface area contributed by atoms with Crippen molar-refractivity contribution in [3.05, 3.63) is 0 Å². The highest BCUT2D eigenvalue weighted by molar-refractivity contribution is 6.24. The SMILES string of the molecule is CCC(=O)OCC1(Cl)CCCCC1. The Bertz CT molecular complexity index is 174. The van der Waals surface area contributed by atoms with Crippen LogP contribution in [0.25, 0.3) is 0 Å². The zero-order valence-corrected chi connectivity index (χ0v) is 8.90. The topological polar surface area (TPSA) is 26.3 Å². The lowest BCUT2D eigenvalue weighted by atomic mass is 9.89. The van der Waals surface area contributed by atoms with Crippen molar-refractivity contribution in [3.8, 4) is 0 Å². The van der Waals surface area contributed by atoms with Crippen molar-refractivity contribution in [2.75, 3.05) is 6.61 Å². The second-order valence-electron chi connectivity index (χ2n) is 3.73. The molecule has 2 nitrogen and oxygen atoms in total. The Balaban J connectivity index is 2.28. The van der Waals surface area contributed by atoms with Gasteiger partial charge in [-0.3, -0.25) is 4.79 Å². The van der Waals surface area contributed by atoms with Crippen LogP contribution in [0.3, 0.4) is 0 Å². The normalized spacial score (nSPS) is 21.1. The lowest BCUT2D eigenvalue weighted by molar-refractivity contribution is -0.144. The fourth-order valence-corrected chi connectivity index (χ4v) is 1.96. The van der Waals surface area contributed by atoms with Gasteiger partial charge in [-0.25, -0.2) is 0 Å². The molecular weight excluding hydrogens is 188 g/mol. The zero-order valence-electron chi connectivity index (χ0n) is 8.14. The van der Waals surface area contributed by atoms with E-state index in [-0.39, 0.29) is 10.8 Å². The first-order valence-corrected chi connectivity index (χ1v) is 5.39. The van der Waals surface area contributed by atoms with Crippen LogP contribution in [0, 0.1) is 0 Å². The van der Waals surface area contributed by atoms with E-state index in [0.717, 1.165) is 25.7 Å². The second-order valence-corrected chi connectivity index (χ2v) is 4.53. The summed E-state index contributed by atoms with van der Waals surface area (Å²) in [5, 5.41) is 0. The lowest BCUT2D eigenvalue weighted by Gasteiger charge is -2.30. The first kappa shape index (κ1) is 10.8. The Morgan fingerprint density at radius 2 is 2.00 bits per heavy atom. The summed E-state index contributed by atoms with van der Waals surface area (Å²) in [7, 11) is 0. The highest BCUT2D eigenvalue weighted by atomic mass is 35.5. The zero-order chi connectivity index (χ0) is 9.73. The van der Waals surface area contributed by atoms with E-state index < -0.39 is 0 Å². The van der Waals surface area contributed by atoms with E-state index >= 15 is 0 Å². The molecular formula is C10H17ClO2. The van der Waals surface area contributed by atoms with Crippen molar-refractivity contribution < 1.29 is 9.53 Å². The van der Waals surface area contributed by atoms with Crippen LogP contribution in [0.2, 0.25) is 0 Å². The Labute approximate surface area is 84.6 Å². The Hall–Kier alpha value is -0.240. The van der Waals surface area contributed by atoms with Gasteiger partial charge >= 0.3 is 5.97 Å². The minimum atomic E-state index is -0.261. The van der Waals surface area contributed by atoms with Gasteiger partial charge in [0.25, 0.3) is 0 Å². The minimum Gasteiger partial charge on any atom is -0.464 e. The van der Waals surface area contributed by atoms with Crippen molar-refractivity contribution in [2.24, 2.45) is 0 Å². The number of rotatable bonds is 3. The number of esters is 1. The molecule has 13 heavy (non-hydrogen) atoms. The average molecular weight is 205 g/mol. The fraction of sp³-hybridized carbons (Fsp3) is 0.900. The molecule has 0 aromatic rings. The number of alkyl halides is 1. The highest BCUT2D eigenvalue weighted by Gasteiger charge is 2.30. The van der Waals surface area contributed by atoms with Gasteiger partial charge in [-0.2, -0.15) is 0 Å². The summed E-state index contributed by atoms with van der Waals surface area (Å²) in [5.41, 5.74) is 0. The van der Waals surface area contributed by atoms with Gasteiger partial charge in [0.05, 0.1) is 4.87 Å². The molecule has 0 aliphatic heterocycles. The smallest absolute Gasteiger partial charge is 0.305 e. The van der Waals surface area contributed by atoms with Gasteiger partial charge in [-0.15, -0.1) is 11.6 Å². The minimum absolute atomic E-state index is 0.148. The highest BCUT2D eigenvalue weighted by Crippen LogP contribution is 2.34. The third-order valence-corrected chi connectivity index (χ3v) is 3.02. The van der Waals surface area contributed by atoms with Crippen LogP contribution in [0.15, 0.2) is 0 Å². The molecule has 0 radical (unpaired) electrons. The van der Waals surface area contributed by atoms with E-state index in [1.54, 1.807) is 6.92 Å². The average Bonchev–Trinajstić information content (AvgIpc) is 2.15. The molecule has 0 aromatic carbocycles. The van der Waals surface area contributed by atoms with E-state index in [9.17, 15) is 4.79 Å². The van der Waals surface area contributed by atoms with Crippen LogP contribution in [-0.2, 0) is 9.53 Å². The van der Waals surface area contributed by atoms with Gasteiger partial charge in [0, 0.05) is 6.42 Å². The van der Waals surface area contributed by atoms with Gasteiger partial charge in [-0.05, 0) is 12.8 Å². The molecule has 3 heteroatoms. The van der Waals surface area contributed by atoms with Gasteiger partial charge in [0.2, 0.25) is 0 Å². The molecule has 1 saturated carbocycles. The van der Waals surface area contributed by atoms with Crippen molar-refractivity contribution in [1.82, 2.24) is 0 Å². The van der Waals surface area contributed by atoms with Crippen LogP contribution >= 0.6 is 11.6 Å². The molecule has 0 spiro atoms. The van der Waals surface area contributed by atoms with E-state index in [2.05, 4.69) is 0 Å². The first-order valence-electron chi connectivity index (χ1n) is 5.01. The van der Waals surface area contributed by atoms with E-state index in [1.807, 2.05) is 0 Å². The number of ether oxygens (including phenoxy) is 1. The molecule has 1 rings (SSSR count). The number of hydrogen-bond acceptors (Lipinski definition) is 2. The molecule has 0 bridgehead atoms. The predicted molar refractivity (Wildman–Crippen MR) is 52.9 cm³/mol. The Kier molecular flexibility index (Phi) is 4.04. The monoisotopic (exact) mass is 204 g/mol. The summed E-state index contributed by atoms with van der Waals surface area (Å²) in [6, 6.07) is 0. The number of hydrogen-bond donors (Lipinski definition) is 0. The number of halogens is 1. The molecule has 1 fully saturated rings. The van der Waals surface area contributed by atoms with Crippen molar-refractivity contribution in [2.45, 2.75) is 50.3 Å². The van der Waals surface area contributed by atoms with Crippen LogP contribution in [-0.4, -0.2) is 17.5 Å². The molecule has 76 valence electrons. The number of carbonyl (C=O) groups is 1. The second kappa shape index (κ2) is 4.85. The summed E-state index contributed by atoms with van der Waals surface area (Å²) >= 11 is 6.30. The quantitative estimate of drug-likeness (QED) is 0.522. The van der Waals surface area contributed by atoms with E-state index in [1.165, 1.54) is 6.42 Å². The third-order valence-electron chi connectivity index (χ3n) is 2.53. The molecule has 0 N–H and O–H groups in total. The van der Waals surface area contributed by atoms with E-state index in [4.69, 9.17) is 16.3 Å². The third kappa shape index (κ3) is 3.55. The van der Waals surface area contributed by atoms with Crippen LogP contribution in [0.4, 0.5) is 0 Å². The maximum absolute atomic E-state index is 10.9. The predicted octanol–water partition coefficient (Wildman–Crippen LogP) is 2.88. The summed E-state index contributed by atoms with van der Waals surface area (Å²) < 4.78 is 5.06. The largest absolute Gasteiger partial charge is 0.464 e. The molecule has 0 heterocycles.